The third-order valence-corrected chi connectivity index (χ3v) is 6.95. The number of hydrogen-bond donors (Lipinski definition) is 2. The summed E-state index contributed by atoms with van der Waals surface area (Å²) in [6, 6.07) is 9.46. The van der Waals surface area contributed by atoms with Crippen LogP contribution in [0.15, 0.2) is 36.4 Å². The van der Waals surface area contributed by atoms with Crippen molar-refractivity contribution >= 4 is 40.3 Å². The van der Waals surface area contributed by atoms with Crippen molar-refractivity contribution in [1.29, 1.82) is 0 Å². The number of ether oxygens (including phenoxy) is 1. The Bertz CT molecular complexity index is 1030. The fourth-order valence-electron chi connectivity index (χ4n) is 4.12. The number of fused-ring (bicyclic) bond motifs is 2. The maximum atomic E-state index is 13.2. The first kappa shape index (κ1) is 25.5. The molecule has 4 rings (SSSR count). The average molecular weight is 455 g/mol. The standard InChI is InChI=1S/C21H22N2O5S.Na.H2O/c1-4-28-13-10-9-11-7-5-6-8-12(11)14(13)17(24)22-15-18(25)23-16(20(26)27)21(2,3)29-19(15)23;;/h5-10,15-16,19H,4H2,1-3H3,(H,22,24)(H,26,27);;1H2/q;+1;/t15-,16+,19-;;/m1../s1. The molecule has 0 bridgehead atoms. The number of β-lactam (4-membered cyclic amide) rings is 1. The molecule has 2 heterocycles. The van der Waals surface area contributed by atoms with Crippen LogP contribution in [0.25, 0.3) is 10.8 Å². The molecule has 0 radical (unpaired) electrons. The van der Waals surface area contributed by atoms with Gasteiger partial charge in [0.25, 0.3) is 5.91 Å². The van der Waals surface area contributed by atoms with Gasteiger partial charge >= 0.3 is 35.5 Å². The first-order chi connectivity index (χ1) is 13.8. The molecule has 0 aromatic heterocycles. The van der Waals surface area contributed by atoms with E-state index in [2.05, 4.69) is 5.32 Å². The second-order valence-corrected chi connectivity index (χ2v) is 9.41. The summed E-state index contributed by atoms with van der Waals surface area (Å²) in [7, 11) is 0. The number of carboxylic acid groups (broad SMARTS) is 1. The number of carbonyl (C=O) groups is 3. The van der Waals surface area contributed by atoms with E-state index in [9.17, 15) is 19.5 Å². The fraction of sp³-hybridized carbons (Fsp3) is 0.381. The van der Waals surface area contributed by atoms with Gasteiger partial charge in [0, 0.05) is 4.75 Å². The number of carboxylic acids is 1. The molecule has 2 aromatic carbocycles. The molecule has 0 aliphatic carbocycles. The zero-order chi connectivity index (χ0) is 20.9. The van der Waals surface area contributed by atoms with Crippen LogP contribution in [0, 0.1) is 0 Å². The molecule has 0 spiro atoms. The molecule has 2 amide bonds. The van der Waals surface area contributed by atoms with Crippen molar-refractivity contribution in [2.75, 3.05) is 6.61 Å². The summed E-state index contributed by atoms with van der Waals surface area (Å²) < 4.78 is 5.02. The van der Waals surface area contributed by atoms with Crippen LogP contribution in [0.5, 0.6) is 5.75 Å². The second kappa shape index (κ2) is 9.38. The van der Waals surface area contributed by atoms with Crippen LogP contribution in [0.1, 0.15) is 31.1 Å². The first-order valence-corrected chi connectivity index (χ1v) is 10.3. The molecule has 160 valence electrons. The molecule has 2 fully saturated rings. The Morgan fingerprint density at radius 1 is 1.23 bits per heavy atom. The molecule has 31 heavy (non-hydrogen) atoms. The fourth-order valence-corrected chi connectivity index (χ4v) is 5.75. The number of hydrogen-bond acceptors (Lipinski definition) is 5. The summed E-state index contributed by atoms with van der Waals surface area (Å²) in [6.07, 6.45) is 0. The number of thioether (sulfide) groups is 1. The molecule has 8 nitrogen and oxygen atoms in total. The van der Waals surface area contributed by atoms with E-state index < -0.39 is 34.1 Å². The number of nitrogens with zero attached hydrogens (tertiary/aromatic N) is 1. The van der Waals surface area contributed by atoms with Gasteiger partial charge in [0.1, 0.15) is 23.2 Å². The van der Waals surface area contributed by atoms with Gasteiger partial charge < -0.3 is 25.5 Å². The molecule has 2 aromatic rings. The molecule has 2 aliphatic rings. The Morgan fingerprint density at radius 3 is 2.55 bits per heavy atom. The predicted molar refractivity (Wildman–Crippen MR) is 114 cm³/mol. The van der Waals surface area contributed by atoms with E-state index in [4.69, 9.17) is 4.74 Å². The zero-order valence-electron chi connectivity index (χ0n) is 17.8. The third kappa shape index (κ3) is 4.17. The van der Waals surface area contributed by atoms with Crippen molar-refractivity contribution in [2.45, 2.75) is 43.0 Å². The van der Waals surface area contributed by atoms with Crippen LogP contribution < -0.4 is 39.6 Å². The van der Waals surface area contributed by atoms with Crippen molar-refractivity contribution in [1.82, 2.24) is 10.2 Å². The molecule has 2 saturated heterocycles. The van der Waals surface area contributed by atoms with Gasteiger partial charge in [-0.15, -0.1) is 11.8 Å². The largest absolute Gasteiger partial charge is 1.00 e. The molecule has 10 heteroatoms. The SMILES string of the molecule is CCOc1ccc2ccccc2c1C(=O)N[C@@H]1C(=O)N2[C@@H]1SC(C)(C)[C@@H]2C(=O)O.O.[Na+]. The van der Waals surface area contributed by atoms with E-state index in [1.807, 2.05) is 37.3 Å². The van der Waals surface area contributed by atoms with Gasteiger partial charge in [-0.25, -0.2) is 4.79 Å². The minimum absolute atomic E-state index is 0. The summed E-state index contributed by atoms with van der Waals surface area (Å²) >= 11 is 1.40. The molecular formula is C21H24N2NaO6S+. The minimum Gasteiger partial charge on any atom is -0.493 e. The maximum absolute atomic E-state index is 13.2. The van der Waals surface area contributed by atoms with Crippen LogP contribution in [0.4, 0.5) is 0 Å². The van der Waals surface area contributed by atoms with Crippen molar-refractivity contribution < 1.29 is 59.3 Å². The number of carbonyl (C=O) groups excluding carboxylic acids is 2. The number of aliphatic carboxylic acids is 1. The molecule has 2 aliphatic heterocycles. The van der Waals surface area contributed by atoms with Crippen LogP contribution in [0.2, 0.25) is 0 Å². The smallest absolute Gasteiger partial charge is 0.493 e. The Hall–Kier alpha value is -1.78. The Morgan fingerprint density at radius 2 is 1.90 bits per heavy atom. The van der Waals surface area contributed by atoms with Gasteiger partial charge in [-0.2, -0.15) is 0 Å². The summed E-state index contributed by atoms with van der Waals surface area (Å²) in [4.78, 5) is 38.9. The monoisotopic (exact) mass is 455 g/mol. The molecular weight excluding hydrogens is 431 g/mol. The number of benzene rings is 2. The van der Waals surface area contributed by atoms with E-state index in [1.54, 1.807) is 19.9 Å². The molecule has 0 saturated carbocycles. The maximum Gasteiger partial charge on any atom is 1.00 e. The average Bonchev–Trinajstić information content (AvgIpc) is 2.94. The van der Waals surface area contributed by atoms with Crippen molar-refractivity contribution in [3.05, 3.63) is 42.0 Å². The topological polar surface area (TPSA) is 127 Å². The molecule has 3 atom stereocenters. The Balaban J connectivity index is 0.00000171. The minimum atomic E-state index is -1.03. The number of amides is 2. The van der Waals surface area contributed by atoms with E-state index in [-0.39, 0.29) is 40.9 Å². The summed E-state index contributed by atoms with van der Waals surface area (Å²) in [5, 5.41) is 13.6. The summed E-state index contributed by atoms with van der Waals surface area (Å²) in [5.41, 5.74) is 0.383. The predicted octanol–water partition coefficient (Wildman–Crippen LogP) is -1.34. The third-order valence-electron chi connectivity index (χ3n) is 5.38. The van der Waals surface area contributed by atoms with E-state index in [0.717, 1.165) is 10.8 Å². The molecule has 0 unspecified atom stereocenters. The summed E-state index contributed by atoms with van der Waals surface area (Å²) in [6.45, 7) is 5.85. The van der Waals surface area contributed by atoms with Gasteiger partial charge in [-0.3, -0.25) is 9.59 Å². The van der Waals surface area contributed by atoms with Gasteiger partial charge in [0.15, 0.2) is 0 Å². The number of nitrogens with one attached hydrogen (secondary N) is 1. The van der Waals surface area contributed by atoms with Crippen molar-refractivity contribution in [2.24, 2.45) is 0 Å². The van der Waals surface area contributed by atoms with Gasteiger partial charge in [-0.05, 0) is 37.6 Å². The van der Waals surface area contributed by atoms with Crippen LogP contribution in [-0.2, 0) is 9.59 Å². The normalized spacial score (nSPS) is 23.1. The second-order valence-electron chi connectivity index (χ2n) is 7.64. The Labute approximate surface area is 206 Å². The van der Waals surface area contributed by atoms with E-state index in [1.165, 1.54) is 16.7 Å². The molecule has 4 N–H and O–H groups in total. The Kier molecular flexibility index (Phi) is 7.71. The van der Waals surface area contributed by atoms with Crippen LogP contribution in [0.3, 0.4) is 0 Å². The van der Waals surface area contributed by atoms with Crippen LogP contribution in [-0.4, -0.2) is 62.1 Å². The number of rotatable bonds is 5. The quantitative estimate of drug-likeness (QED) is 0.425. The van der Waals surface area contributed by atoms with Gasteiger partial charge in [0.2, 0.25) is 5.91 Å². The van der Waals surface area contributed by atoms with E-state index in [0.29, 0.717) is 17.9 Å². The zero-order valence-corrected chi connectivity index (χ0v) is 20.7. The van der Waals surface area contributed by atoms with E-state index >= 15 is 0 Å². The van der Waals surface area contributed by atoms with Gasteiger partial charge in [-0.1, -0.05) is 30.3 Å². The van der Waals surface area contributed by atoms with Crippen molar-refractivity contribution in [3.8, 4) is 5.75 Å². The van der Waals surface area contributed by atoms with Gasteiger partial charge in [0.05, 0.1) is 12.2 Å². The summed E-state index contributed by atoms with van der Waals surface area (Å²) in [5.74, 6) is -1.35. The van der Waals surface area contributed by atoms with Crippen molar-refractivity contribution in [3.63, 3.8) is 0 Å². The van der Waals surface area contributed by atoms with Crippen LogP contribution >= 0.6 is 11.8 Å². The first-order valence-electron chi connectivity index (χ1n) is 9.44.